The van der Waals surface area contributed by atoms with Gasteiger partial charge in [0.2, 0.25) is 5.91 Å². The maximum absolute atomic E-state index is 12.0. The topological polar surface area (TPSA) is 69.6 Å². The Morgan fingerprint density at radius 1 is 1.53 bits per heavy atom. The number of carbonyl (C=O) groups is 2. The Hall–Kier alpha value is -1.36. The van der Waals surface area contributed by atoms with Gasteiger partial charge in [-0.3, -0.25) is 14.9 Å². The summed E-state index contributed by atoms with van der Waals surface area (Å²) in [7, 11) is 1.75. The third-order valence-electron chi connectivity index (χ3n) is 3.67. The molecular formula is C14H24N2O3. The average Bonchev–Trinajstić information content (AvgIpc) is 2.89. The molecular weight excluding hydrogens is 244 g/mol. The summed E-state index contributed by atoms with van der Waals surface area (Å²) in [6.45, 7) is 3.61. The predicted octanol–water partition coefficient (Wildman–Crippen LogP) is 1.75. The number of rotatable bonds is 7. The van der Waals surface area contributed by atoms with Gasteiger partial charge in [-0.25, -0.2) is 0 Å². The number of carboxylic acids is 1. The van der Waals surface area contributed by atoms with Crippen molar-refractivity contribution < 1.29 is 14.7 Å². The molecule has 0 bridgehead atoms. The van der Waals surface area contributed by atoms with Gasteiger partial charge in [0.1, 0.15) is 5.54 Å². The van der Waals surface area contributed by atoms with E-state index in [-0.39, 0.29) is 12.5 Å². The van der Waals surface area contributed by atoms with E-state index in [1.54, 1.807) is 18.9 Å². The predicted molar refractivity (Wildman–Crippen MR) is 73.7 cm³/mol. The van der Waals surface area contributed by atoms with Crippen LogP contribution in [0.2, 0.25) is 0 Å². The molecule has 5 heteroatoms. The highest BCUT2D eigenvalue weighted by Gasteiger charge is 2.32. The van der Waals surface area contributed by atoms with Gasteiger partial charge in [0.25, 0.3) is 0 Å². The van der Waals surface area contributed by atoms with Gasteiger partial charge in [-0.1, -0.05) is 19.4 Å². The van der Waals surface area contributed by atoms with Crippen LogP contribution in [0.4, 0.5) is 0 Å². The molecule has 0 radical (unpaired) electrons. The van der Waals surface area contributed by atoms with E-state index >= 15 is 0 Å². The summed E-state index contributed by atoms with van der Waals surface area (Å²) in [5.74, 6) is -0.999. The van der Waals surface area contributed by atoms with Gasteiger partial charge >= 0.3 is 5.97 Å². The molecule has 0 saturated heterocycles. The Kier molecular flexibility index (Phi) is 5.54. The van der Waals surface area contributed by atoms with Crippen molar-refractivity contribution in [3.05, 3.63) is 11.8 Å². The summed E-state index contributed by atoms with van der Waals surface area (Å²) in [5.41, 5.74) is 0.00860. The van der Waals surface area contributed by atoms with Gasteiger partial charge in [0.15, 0.2) is 0 Å². The first-order chi connectivity index (χ1) is 8.90. The molecule has 1 amide bonds. The van der Waals surface area contributed by atoms with E-state index in [9.17, 15) is 14.7 Å². The highest BCUT2D eigenvalue weighted by atomic mass is 16.4. The van der Waals surface area contributed by atoms with Crippen molar-refractivity contribution >= 4 is 11.9 Å². The monoisotopic (exact) mass is 268 g/mol. The van der Waals surface area contributed by atoms with Gasteiger partial charge in [-0.05, 0) is 32.6 Å². The quantitative estimate of drug-likeness (QED) is 0.738. The van der Waals surface area contributed by atoms with Crippen molar-refractivity contribution in [2.75, 3.05) is 13.6 Å². The minimum Gasteiger partial charge on any atom is -0.480 e. The molecule has 0 fully saturated rings. The Bertz CT molecular complexity index is 379. The van der Waals surface area contributed by atoms with Crippen LogP contribution in [0.3, 0.4) is 0 Å². The fourth-order valence-corrected chi connectivity index (χ4v) is 2.28. The Morgan fingerprint density at radius 3 is 2.68 bits per heavy atom. The SMILES string of the molecule is CCCC(C)(NCC(=O)N(C)C1=CCCC1)C(=O)O. The third kappa shape index (κ3) is 4.06. The molecule has 0 saturated carbocycles. The molecule has 19 heavy (non-hydrogen) atoms. The smallest absolute Gasteiger partial charge is 0.323 e. The standard InChI is InChI=1S/C14H24N2O3/c1-4-9-14(2,13(18)19)15-10-12(17)16(3)11-7-5-6-8-11/h7,15H,4-6,8-10H2,1-3H3,(H,18,19). The second-order valence-electron chi connectivity index (χ2n) is 5.28. The number of hydrogen-bond donors (Lipinski definition) is 2. The molecule has 5 nitrogen and oxygen atoms in total. The van der Waals surface area contributed by atoms with Crippen molar-refractivity contribution in [2.45, 2.75) is 51.5 Å². The van der Waals surface area contributed by atoms with E-state index in [1.807, 2.05) is 6.92 Å². The zero-order valence-corrected chi connectivity index (χ0v) is 12.0. The number of aliphatic carboxylic acids is 1. The summed E-state index contributed by atoms with van der Waals surface area (Å²) in [6, 6.07) is 0. The number of carbonyl (C=O) groups excluding carboxylic acids is 1. The summed E-state index contributed by atoms with van der Waals surface area (Å²) in [5, 5.41) is 12.1. The molecule has 0 aromatic rings. The van der Waals surface area contributed by atoms with Crippen LogP contribution in [-0.4, -0.2) is 41.0 Å². The number of carboxylic acid groups (broad SMARTS) is 1. The highest BCUT2D eigenvalue weighted by Crippen LogP contribution is 2.20. The number of nitrogens with zero attached hydrogens (tertiary/aromatic N) is 1. The molecule has 0 aliphatic heterocycles. The first kappa shape index (κ1) is 15.7. The highest BCUT2D eigenvalue weighted by molar-refractivity contribution is 5.82. The minimum atomic E-state index is -1.03. The normalized spacial score (nSPS) is 17.7. The molecule has 0 aromatic heterocycles. The molecule has 1 unspecified atom stereocenters. The molecule has 1 rings (SSSR count). The Labute approximate surface area is 114 Å². The second-order valence-corrected chi connectivity index (χ2v) is 5.28. The zero-order valence-electron chi connectivity index (χ0n) is 12.0. The molecule has 1 aliphatic carbocycles. The van der Waals surface area contributed by atoms with E-state index in [0.29, 0.717) is 6.42 Å². The Balaban J connectivity index is 2.54. The van der Waals surface area contributed by atoms with Crippen LogP contribution < -0.4 is 5.32 Å². The van der Waals surface area contributed by atoms with E-state index in [1.165, 1.54) is 0 Å². The van der Waals surface area contributed by atoms with Crippen LogP contribution in [0.25, 0.3) is 0 Å². The van der Waals surface area contributed by atoms with Crippen molar-refractivity contribution in [3.8, 4) is 0 Å². The fourth-order valence-electron chi connectivity index (χ4n) is 2.28. The van der Waals surface area contributed by atoms with Crippen molar-refractivity contribution in [1.82, 2.24) is 10.2 Å². The van der Waals surface area contributed by atoms with E-state index < -0.39 is 11.5 Å². The summed E-state index contributed by atoms with van der Waals surface area (Å²) >= 11 is 0. The molecule has 2 N–H and O–H groups in total. The molecule has 1 aliphatic rings. The fraction of sp³-hybridized carbons (Fsp3) is 0.714. The molecule has 1 atom stereocenters. The summed E-state index contributed by atoms with van der Waals surface area (Å²) < 4.78 is 0. The van der Waals surface area contributed by atoms with Crippen molar-refractivity contribution in [3.63, 3.8) is 0 Å². The lowest BCUT2D eigenvalue weighted by Crippen LogP contribution is -2.52. The first-order valence-corrected chi connectivity index (χ1v) is 6.84. The minimum absolute atomic E-state index is 0.0522. The second kappa shape index (κ2) is 6.70. The van der Waals surface area contributed by atoms with Gasteiger partial charge in [-0.2, -0.15) is 0 Å². The van der Waals surface area contributed by atoms with Gasteiger partial charge in [0, 0.05) is 12.7 Å². The molecule has 0 heterocycles. The van der Waals surface area contributed by atoms with Crippen LogP contribution in [0.1, 0.15) is 46.0 Å². The molecule has 0 spiro atoms. The van der Waals surface area contributed by atoms with Gasteiger partial charge in [-0.15, -0.1) is 0 Å². The average molecular weight is 268 g/mol. The molecule has 0 aromatic carbocycles. The number of hydrogen-bond acceptors (Lipinski definition) is 3. The number of nitrogens with one attached hydrogen (secondary N) is 1. The van der Waals surface area contributed by atoms with E-state index in [0.717, 1.165) is 31.4 Å². The number of amides is 1. The van der Waals surface area contributed by atoms with E-state index in [2.05, 4.69) is 11.4 Å². The Morgan fingerprint density at radius 2 is 2.21 bits per heavy atom. The lowest BCUT2D eigenvalue weighted by molar-refractivity contribution is -0.144. The van der Waals surface area contributed by atoms with Gasteiger partial charge in [0.05, 0.1) is 6.54 Å². The van der Waals surface area contributed by atoms with E-state index in [4.69, 9.17) is 0 Å². The summed E-state index contributed by atoms with van der Waals surface area (Å²) in [4.78, 5) is 24.9. The van der Waals surface area contributed by atoms with Crippen LogP contribution in [0.15, 0.2) is 11.8 Å². The van der Waals surface area contributed by atoms with Crippen LogP contribution in [0, 0.1) is 0 Å². The summed E-state index contributed by atoms with van der Waals surface area (Å²) in [6.07, 6.45) is 6.35. The number of allylic oxidation sites excluding steroid dienone is 2. The lowest BCUT2D eigenvalue weighted by Gasteiger charge is -2.27. The maximum Gasteiger partial charge on any atom is 0.323 e. The number of likely N-dealkylation sites (N-methyl/N-ethyl adjacent to an activating group) is 1. The largest absolute Gasteiger partial charge is 0.480 e. The molecule has 108 valence electrons. The van der Waals surface area contributed by atoms with Crippen LogP contribution in [0.5, 0.6) is 0 Å². The third-order valence-corrected chi connectivity index (χ3v) is 3.67. The van der Waals surface area contributed by atoms with Crippen LogP contribution in [-0.2, 0) is 9.59 Å². The van der Waals surface area contributed by atoms with Gasteiger partial charge < -0.3 is 10.0 Å². The van der Waals surface area contributed by atoms with Crippen LogP contribution >= 0.6 is 0 Å². The van der Waals surface area contributed by atoms with Crippen molar-refractivity contribution in [1.29, 1.82) is 0 Å². The zero-order chi connectivity index (χ0) is 14.5. The van der Waals surface area contributed by atoms with Crippen molar-refractivity contribution in [2.24, 2.45) is 0 Å². The first-order valence-electron chi connectivity index (χ1n) is 6.84. The maximum atomic E-state index is 12.0. The lowest BCUT2D eigenvalue weighted by atomic mass is 9.96.